The average molecular weight is 319 g/mol. The van der Waals surface area contributed by atoms with Gasteiger partial charge >= 0.3 is 6.18 Å². The van der Waals surface area contributed by atoms with Gasteiger partial charge in [0.1, 0.15) is 5.82 Å². The normalized spacial score (nSPS) is 12.2. The number of nitrogens with one attached hydrogen (secondary N) is 1. The van der Waals surface area contributed by atoms with E-state index in [-0.39, 0.29) is 11.0 Å². The molecule has 0 atom stereocenters. The highest BCUT2D eigenvalue weighted by Gasteiger charge is 2.35. The maximum atomic E-state index is 13.0. The Hall–Kier alpha value is -2.09. The molecule has 2 aromatic rings. The lowest BCUT2D eigenvalue weighted by Crippen LogP contribution is -2.17. The topological polar surface area (TPSA) is 46.2 Å². The highest BCUT2D eigenvalue weighted by Crippen LogP contribution is 2.36. The van der Waals surface area contributed by atoms with Gasteiger partial charge in [0, 0.05) is 0 Å². The van der Waals surface area contributed by atoms with Gasteiger partial charge in [0.05, 0.1) is 16.1 Å². The summed E-state index contributed by atoms with van der Waals surface area (Å²) in [5.74, 6) is -1.11. The first kappa shape index (κ1) is 15.3. The summed E-state index contributed by atoms with van der Waals surface area (Å²) in [4.78, 5) is -0.192. The van der Waals surface area contributed by atoms with E-state index in [0.717, 1.165) is 12.1 Å². The molecule has 2 rings (SSSR count). The second-order valence-electron chi connectivity index (χ2n) is 4.11. The number of rotatable bonds is 3. The Morgan fingerprint density at radius 1 is 0.952 bits per heavy atom. The van der Waals surface area contributed by atoms with Crippen molar-refractivity contribution in [3.8, 4) is 0 Å². The van der Waals surface area contributed by atoms with Crippen molar-refractivity contribution in [1.29, 1.82) is 0 Å². The summed E-state index contributed by atoms with van der Waals surface area (Å²) < 4.78 is 77.2. The van der Waals surface area contributed by atoms with Crippen LogP contribution in [0.1, 0.15) is 5.56 Å². The molecule has 0 bridgehead atoms. The van der Waals surface area contributed by atoms with Crippen LogP contribution in [-0.4, -0.2) is 8.42 Å². The van der Waals surface area contributed by atoms with Crippen LogP contribution >= 0.6 is 0 Å². The molecule has 0 spiro atoms. The fraction of sp³-hybridized carbons (Fsp3) is 0.0769. The Bertz CT molecular complexity index is 743. The molecule has 3 nitrogen and oxygen atoms in total. The van der Waals surface area contributed by atoms with Gasteiger partial charge in [-0.1, -0.05) is 18.2 Å². The van der Waals surface area contributed by atoms with E-state index in [2.05, 4.69) is 0 Å². The van der Waals surface area contributed by atoms with Crippen LogP contribution in [-0.2, 0) is 16.2 Å². The number of anilines is 1. The summed E-state index contributed by atoms with van der Waals surface area (Å²) in [6.45, 7) is 0. The molecule has 0 amide bonds. The van der Waals surface area contributed by atoms with Crippen molar-refractivity contribution in [2.45, 2.75) is 11.1 Å². The van der Waals surface area contributed by atoms with E-state index < -0.39 is 33.3 Å². The van der Waals surface area contributed by atoms with Crippen molar-refractivity contribution in [2.24, 2.45) is 0 Å². The molecule has 0 radical (unpaired) electrons. The summed E-state index contributed by atoms with van der Waals surface area (Å²) in [6, 6.07) is 8.63. The second-order valence-corrected chi connectivity index (χ2v) is 5.79. The lowest BCUT2D eigenvalue weighted by Gasteiger charge is -2.14. The maximum Gasteiger partial charge on any atom is 0.418 e. The second kappa shape index (κ2) is 5.36. The Balaban J connectivity index is 2.45. The lowest BCUT2D eigenvalue weighted by atomic mass is 10.2. The first-order valence-corrected chi connectivity index (χ1v) is 7.13. The molecule has 1 N–H and O–H groups in total. The van der Waals surface area contributed by atoms with Crippen LogP contribution in [0.5, 0.6) is 0 Å². The third kappa shape index (κ3) is 3.52. The zero-order chi connectivity index (χ0) is 15.7. The largest absolute Gasteiger partial charge is 0.418 e. The molecule has 0 aliphatic carbocycles. The monoisotopic (exact) mass is 319 g/mol. The Morgan fingerprint density at radius 2 is 1.57 bits per heavy atom. The lowest BCUT2D eigenvalue weighted by molar-refractivity contribution is -0.137. The average Bonchev–Trinajstić information content (AvgIpc) is 2.40. The molecule has 0 unspecified atom stereocenters. The molecule has 0 fully saturated rings. The van der Waals surface area contributed by atoms with Crippen molar-refractivity contribution in [1.82, 2.24) is 0 Å². The molecule has 0 aliphatic heterocycles. The summed E-state index contributed by atoms with van der Waals surface area (Å²) in [6.07, 6.45) is -4.88. The molecule has 0 aliphatic rings. The molecule has 0 saturated heterocycles. The number of halogens is 4. The van der Waals surface area contributed by atoms with Gasteiger partial charge in [-0.3, -0.25) is 4.72 Å². The van der Waals surface area contributed by atoms with E-state index in [4.69, 9.17) is 0 Å². The van der Waals surface area contributed by atoms with Crippen molar-refractivity contribution in [2.75, 3.05) is 4.72 Å². The van der Waals surface area contributed by atoms with Gasteiger partial charge in [0.15, 0.2) is 0 Å². The van der Waals surface area contributed by atoms with Gasteiger partial charge in [-0.2, -0.15) is 13.2 Å². The van der Waals surface area contributed by atoms with Crippen LogP contribution in [0.15, 0.2) is 53.4 Å². The third-order valence-corrected chi connectivity index (χ3v) is 3.97. The molecule has 8 heteroatoms. The molecule has 0 heterocycles. The van der Waals surface area contributed by atoms with Gasteiger partial charge in [-0.05, 0) is 30.3 Å². The highest BCUT2D eigenvalue weighted by atomic mass is 32.2. The van der Waals surface area contributed by atoms with Crippen molar-refractivity contribution in [3.05, 3.63) is 59.9 Å². The third-order valence-electron chi connectivity index (χ3n) is 2.58. The van der Waals surface area contributed by atoms with Crippen LogP contribution in [0, 0.1) is 5.82 Å². The smallest absolute Gasteiger partial charge is 0.279 e. The summed E-state index contributed by atoms with van der Waals surface area (Å²) >= 11 is 0. The predicted molar refractivity (Wildman–Crippen MR) is 68.7 cm³/mol. The number of sulfonamides is 1. The number of benzene rings is 2. The Labute approximate surface area is 118 Å². The van der Waals surface area contributed by atoms with Gasteiger partial charge in [-0.25, -0.2) is 12.8 Å². The zero-order valence-corrected chi connectivity index (χ0v) is 11.2. The fourth-order valence-electron chi connectivity index (χ4n) is 1.64. The highest BCUT2D eigenvalue weighted by molar-refractivity contribution is 7.92. The molecular formula is C13H9F4NO2S. The summed E-state index contributed by atoms with van der Waals surface area (Å²) in [7, 11) is -4.18. The first-order chi connectivity index (χ1) is 9.70. The number of alkyl halides is 3. The van der Waals surface area contributed by atoms with E-state index in [0.29, 0.717) is 0 Å². The molecule has 0 saturated carbocycles. The van der Waals surface area contributed by atoms with E-state index in [9.17, 15) is 26.0 Å². The van der Waals surface area contributed by atoms with E-state index in [1.807, 2.05) is 4.72 Å². The standard InChI is InChI=1S/C13H9F4NO2S/c14-9-6-7-12(11(8-9)13(15,16)17)18-21(19,20)10-4-2-1-3-5-10/h1-8,18H. The maximum absolute atomic E-state index is 13.0. The minimum atomic E-state index is -4.88. The molecule has 112 valence electrons. The number of hydrogen-bond acceptors (Lipinski definition) is 2. The zero-order valence-electron chi connectivity index (χ0n) is 10.4. The van der Waals surface area contributed by atoms with Crippen LogP contribution in [0.25, 0.3) is 0 Å². The van der Waals surface area contributed by atoms with Crippen molar-refractivity contribution >= 4 is 15.7 Å². The van der Waals surface area contributed by atoms with E-state index in [1.165, 1.54) is 24.3 Å². The summed E-state index contributed by atoms with van der Waals surface area (Å²) in [5.41, 5.74) is -2.12. The molecule has 2 aromatic carbocycles. The minimum Gasteiger partial charge on any atom is -0.279 e. The first-order valence-electron chi connectivity index (χ1n) is 5.65. The fourth-order valence-corrected chi connectivity index (χ4v) is 2.74. The number of hydrogen-bond donors (Lipinski definition) is 1. The van der Waals surface area contributed by atoms with Crippen molar-refractivity contribution in [3.63, 3.8) is 0 Å². The van der Waals surface area contributed by atoms with Gasteiger partial charge in [0.25, 0.3) is 10.0 Å². The Kier molecular flexibility index (Phi) is 3.91. The van der Waals surface area contributed by atoms with E-state index in [1.54, 1.807) is 6.07 Å². The minimum absolute atomic E-state index is 0.192. The van der Waals surface area contributed by atoms with Crippen LogP contribution < -0.4 is 4.72 Å². The van der Waals surface area contributed by atoms with Crippen LogP contribution in [0.4, 0.5) is 23.2 Å². The predicted octanol–water partition coefficient (Wildman–Crippen LogP) is 3.65. The van der Waals surface area contributed by atoms with Gasteiger partial charge in [-0.15, -0.1) is 0 Å². The molecule has 0 aromatic heterocycles. The quantitative estimate of drug-likeness (QED) is 0.878. The SMILES string of the molecule is O=S(=O)(Nc1ccc(F)cc1C(F)(F)F)c1ccccc1. The van der Waals surface area contributed by atoms with Crippen LogP contribution in [0.3, 0.4) is 0 Å². The molecule has 21 heavy (non-hydrogen) atoms. The van der Waals surface area contributed by atoms with Crippen molar-refractivity contribution < 1.29 is 26.0 Å². The molecular weight excluding hydrogens is 310 g/mol. The summed E-state index contributed by atoms with van der Waals surface area (Å²) in [5, 5.41) is 0. The van der Waals surface area contributed by atoms with Gasteiger partial charge in [0.2, 0.25) is 0 Å². The van der Waals surface area contributed by atoms with Gasteiger partial charge < -0.3 is 0 Å². The Morgan fingerprint density at radius 3 is 2.14 bits per heavy atom. The van der Waals surface area contributed by atoms with E-state index >= 15 is 0 Å². The van der Waals surface area contributed by atoms with Crippen LogP contribution in [0.2, 0.25) is 0 Å².